The normalized spacial score (nSPS) is 19.2. The van der Waals surface area contributed by atoms with Gasteiger partial charge < -0.3 is 15.7 Å². The molecule has 29 heavy (non-hydrogen) atoms. The Hall–Kier alpha value is -3.32. The molecule has 3 N–H and O–H groups in total. The van der Waals surface area contributed by atoms with Gasteiger partial charge in [-0.1, -0.05) is 17.9 Å². The SMILES string of the molecule is CCN1CC[C@@](O)(C#Cc2cccc(-n3cc(C(F)(F)F)c(C(N)=O)n3)c2)C1=O. The molecule has 7 nitrogen and oxygen atoms in total. The Kier molecular flexibility index (Phi) is 5.11. The summed E-state index contributed by atoms with van der Waals surface area (Å²) in [7, 11) is 0. The molecule has 0 spiro atoms. The van der Waals surface area contributed by atoms with Gasteiger partial charge in [-0.15, -0.1) is 0 Å². The van der Waals surface area contributed by atoms with Crippen LogP contribution in [0.2, 0.25) is 0 Å². The van der Waals surface area contributed by atoms with Crippen molar-refractivity contribution in [1.82, 2.24) is 14.7 Å². The summed E-state index contributed by atoms with van der Waals surface area (Å²) in [5.41, 5.74) is 1.63. The predicted octanol–water partition coefficient (Wildman–Crippen LogP) is 1.32. The largest absolute Gasteiger partial charge is 0.420 e. The van der Waals surface area contributed by atoms with E-state index in [1.54, 1.807) is 13.0 Å². The zero-order chi connectivity index (χ0) is 21.4. The topological polar surface area (TPSA) is 101 Å². The first-order valence-corrected chi connectivity index (χ1v) is 8.67. The lowest BCUT2D eigenvalue weighted by Crippen LogP contribution is -2.38. The molecule has 0 unspecified atom stereocenters. The predicted molar refractivity (Wildman–Crippen MR) is 95.8 cm³/mol. The van der Waals surface area contributed by atoms with Crippen LogP contribution in [0.5, 0.6) is 0 Å². The molecule has 0 aliphatic carbocycles. The fourth-order valence-corrected chi connectivity index (χ4v) is 2.98. The second-order valence-corrected chi connectivity index (χ2v) is 6.49. The lowest BCUT2D eigenvalue weighted by atomic mass is 10.0. The Labute approximate surface area is 163 Å². The number of alkyl halides is 3. The minimum absolute atomic E-state index is 0.169. The smallest absolute Gasteiger partial charge is 0.369 e. The Balaban J connectivity index is 1.94. The third kappa shape index (κ3) is 3.95. The number of rotatable bonds is 3. The summed E-state index contributed by atoms with van der Waals surface area (Å²) in [5, 5.41) is 14.1. The van der Waals surface area contributed by atoms with Gasteiger partial charge in [0.1, 0.15) is 5.56 Å². The van der Waals surface area contributed by atoms with Gasteiger partial charge in [-0.05, 0) is 25.1 Å². The fraction of sp³-hybridized carbons (Fsp3) is 0.316. The number of hydrogen-bond donors (Lipinski definition) is 2. The van der Waals surface area contributed by atoms with Crippen LogP contribution in [0.15, 0.2) is 30.5 Å². The molecule has 1 aliphatic rings. The number of amides is 2. The Morgan fingerprint density at radius 3 is 2.69 bits per heavy atom. The fourth-order valence-electron chi connectivity index (χ4n) is 2.98. The summed E-state index contributed by atoms with van der Waals surface area (Å²) in [4.78, 5) is 25.0. The standard InChI is InChI=1S/C19H17F3N4O3/c1-2-25-9-8-18(29,17(25)28)7-6-12-4-3-5-13(10-12)26-11-14(19(20,21)22)15(24-26)16(23)27/h3-5,10-11,29H,2,8-9H2,1H3,(H2,23,27)/t18-/m0/s1. The number of likely N-dealkylation sites (N-methyl/N-ethyl adjacent to an activating group) is 1. The maximum absolute atomic E-state index is 13.1. The van der Waals surface area contributed by atoms with E-state index in [9.17, 15) is 27.9 Å². The maximum Gasteiger partial charge on any atom is 0.420 e. The second-order valence-electron chi connectivity index (χ2n) is 6.49. The Morgan fingerprint density at radius 2 is 2.14 bits per heavy atom. The van der Waals surface area contributed by atoms with Gasteiger partial charge in [-0.25, -0.2) is 4.68 Å². The average molecular weight is 406 g/mol. The monoisotopic (exact) mass is 406 g/mol. The van der Waals surface area contributed by atoms with Gasteiger partial charge in [0.25, 0.3) is 11.8 Å². The van der Waals surface area contributed by atoms with Crippen LogP contribution in [0.1, 0.15) is 35.0 Å². The molecule has 0 saturated carbocycles. The van der Waals surface area contributed by atoms with Gasteiger partial charge in [-0.3, -0.25) is 9.59 Å². The molecule has 3 rings (SSSR count). The quantitative estimate of drug-likeness (QED) is 0.751. The lowest BCUT2D eigenvalue weighted by Gasteiger charge is -2.15. The molecule has 10 heteroatoms. The summed E-state index contributed by atoms with van der Waals surface area (Å²) in [6.07, 6.45) is -3.96. The number of likely N-dealkylation sites (tertiary alicyclic amines) is 1. The number of halogens is 3. The summed E-state index contributed by atoms with van der Waals surface area (Å²) in [6.45, 7) is 2.64. The molecule has 1 aromatic heterocycles. The minimum Gasteiger partial charge on any atom is -0.369 e. The van der Waals surface area contributed by atoms with E-state index >= 15 is 0 Å². The summed E-state index contributed by atoms with van der Waals surface area (Å²) >= 11 is 0. The zero-order valence-corrected chi connectivity index (χ0v) is 15.3. The highest BCUT2D eigenvalue weighted by molar-refractivity contribution is 5.92. The highest BCUT2D eigenvalue weighted by Crippen LogP contribution is 2.32. The number of aromatic nitrogens is 2. The third-order valence-electron chi connectivity index (χ3n) is 4.54. The van der Waals surface area contributed by atoms with E-state index in [-0.39, 0.29) is 12.1 Å². The first kappa shape index (κ1) is 20.4. The van der Waals surface area contributed by atoms with Crippen LogP contribution in [-0.4, -0.2) is 50.3 Å². The van der Waals surface area contributed by atoms with Crippen LogP contribution in [-0.2, 0) is 11.0 Å². The molecule has 1 aliphatic heterocycles. The number of primary amides is 1. The molecule has 0 bridgehead atoms. The highest BCUT2D eigenvalue weighted by Gasteiger charge is 2.43. The van der Waals surface area contributed by atoms with Gasteiger partial charge in [0, 0.05) is 31.3 Å². The average Bonchev–Trinajstić information content (AvgIpc) is 3.24. The van der Waals surface area contributed by atoms with Crippen molar-refractivity contribution in [2.24, 2.45) is 5.73 Å². The number of aliphatic hydroxyl groups is 1. The van der Waals surface area contributed by atoms with E-state index in [0.29, 0.717) is 24.8 Å². The van der Waals surface area contributed by atoms with Gasteiger partial charge >= 0.3 is 6.18 Å². The van der Waals surface area contributed by atoms with Crippen molar-refractivity contribution in [3.8, 4) is 17.5 Å². The number of nitrogens with zero attached hydrogens (tertiary/aromatic N) is 3. The van der Waals surface area contributed by atoms with Crippen molar-refractivity contribution >= 4 is 11.8 Å². The van der Waals surface area contributed by atoms with Crippen molar-refractivity contribution in [3.05, 3.63) is 47.3 Å². The molecule has 152 valence electrons. The first-order valence-electron chi connectivity index (χ1n) is 8.67. The summed E-state index contributed by atoms with van der Waals surface area (Å²) in [6, 6.07) is 5.99. The number of hydrogen-bond acceptors (Lipinski definition) is 4. The van der Waals surface area contributed by atoms with E-state index in [4.69, 9.17) is 5.73 Å². The molecule has 1 atom stereocenters. The molecule has 1 aromatic carbocycles. The molecule has 2 amide bonds. The second kappa shape index (κ2) is 7.25. The zero-order valence-electron chi connectivity index (χ0n) is 15.3. The van der Waals surface area contributed by atoms with Crippen molar-refractivity contribution < 1.29 is 27.9 Å². The first-order chi connectivity index (χ1) is 13.5. The molecule has 2 aromatic rings. The van der Waals surface area contributed by atoms with E-state index in [2.05, 4.69) is 16.9 Å². The number of nitrogens with two attached hydrogens (primary N) is 1. The summed E-state index contributed by atoms with van der Waals surface area (Å²) in [5.74, 6) is 3.47. The summed E-state index contributed by atoms with van der Waals surface area (Å²) < 4.78 is 40.2. The van der Waals surface area contributed by atoms with E-state index in [1.165, 1.54) is 23.1 Å². The Morgan fingerprint density at radius 1 is 1.41 bits per heavy atom. The van der Waals surface area contributed by atoms with Crippen LogP contribution < -0.4 is 5.73 Å². The van der Waals surface area contributed by atoms with Gasteiger partial charge in [0.05, 0.1) is 5.69 Å². The minimum atomic E-state index is -4.79. The Bertz CT molecular complexity index is 1040. The van der Waals surface area contributed by atoms with Crippen molar-refractivity contribution in [2.45, 2.75) is 25.1 Å². The number of carbonyl (C=O) groups is 2. The molecule has 2 heterocycles. The molecule has 0 radical (unpaired) electrons. The molecular weight excluding hydrogens is 389 g/mol. The molecule has 1 fully saturated rings. The van der Waals surface area contributed by atoms with Gasteiger partial charge in [0.2, 0.25) is 5.60 Å². The number of benzene rings is 1. The van der Waals surface area contributed by atoms with Crippen molar-refractivity contribution in [1.29, 1.82) is 0 Å². The van der Waals surface area contributed by atoms with E-state index in [1.807, 2.05) is 0 Å². The number of carbonyl (C=O) groups excluding carboxylic acids is 2. The van der Waals surface area contributed by atoms with Gasteiger partial charge in [-0.2, -0.15) is 18.3 Å². The molecule has 1 saturated heterocycles. The van der Waals surface area contributed by atoms with Gasteiger partial charge in [0.15, 0.2) is 5.69 Å². The maximum atomic E-state index is 13.1. The highest BCUT2D eigenvalue weighted by atomic mass is 19.4. The lowest BCUT2D eigenvalue weighted by molar-refractivity contribution is -0.138. The van der Waals surface area contributed by atoms with Crippen molar-refractivity contribution in [2.75, 3.05) is 13.1 Å². The van der Waals surface area contributed by atoms with Crippen molar-refractivity contribution in [3.63, 3.8) is 0 Å². The van der Waals surface area contributed by atoms with Crippen LogP contribution in [0.25, 0.3) is 5.69 Å². The van der Waals surface area contributed by atoms with E-state index in [0.717, 1.165) is 4.68 Å². The van der Waals surface area contributed by atoms with Crippen LogP contribution in [0.4, 0.5) is 13.2 Å². The molecular formula is C19H17F3N4O3. The van der Waals surface area contributed by atoms with Crippen LogP contribution in [0, 0.1) is 11.8 Å². The third-order valence-corrected chi connectivity index (χ3v) is 4.54. The van der Waals surface area contributed by atoms with Crippen LogP contribution >= 0.6 is 0 Å². The van der Waals surface area contributed by atoms with Crippen LogP contribution in [0.3, 0.4) is 0 Å². The van der Waals surface area contributed by atoms with E-state index < -0.39 is 34.8 Å².